The average Bonchev–Trinajstić information content (AvgIpc) is 3.21. The molecule has 2 heterocycles. The summed E-state index contributed by atoms with van der Waals surface area (Å²) >= 11 is 0. The number of aliphatic hydroxyl groups excluding tert-OH is 1. The number of ether oxygens (including phenoxy) is 3. The highest BCUT2D eigenvalue weighted by atomic mass is 19.1. The maximum atomic E-state index is 16.0. The van der Waals surface area contributed by atoms with Crippen LogP contribution in [0.3, 0.4) is 0 Å². The highest BCUT2D eigenvalue weighted by molar-refractivity contribution is 6.05. The van der Waals surface area contributed by atoms with Crippen LogP contribution in [0.25, 0.3) is 22.0 Å². The fourth-order valence-electron chi connectivity index (χ4n) is 6.71. The number of nitrogens with zero attached hydrogens (tertiary/aromatic N) is 3. The molecule has 0 radical (unpaired) electrons. The molecule has 2 fully saturated rings. The Kier molecular flexibility index (Phi) is 7.11. The zero-order valence-corrected chi connectivity index (χ0v) is 24.0. The van der Waals surface area contributed by atoms with E-state index in [2.05, 4.69) is 4.68 Å². The van der Waals surface area contributed by atoms with Crippen molar-refractivity contribution in [2.45, 2.75) is 57.8 Å². The van der Waals surface area contributed by atoms with Crippen LogP contribution >= 0.6 is 0 Å². The van der Waals surface area contributed by atoms with Gasteiger partial charge in [-0.05, 0) is 80.3 Å². The van der Waals surface area contributed by atoms with Crippen LogP contribution in [0.5, 0.6) is 5.75 Å². The molecule has 2 aromatic heterocycles. The number of rotatable bonds is 11. The second kappa shape index (κ2) is 10.6. The minimum absolute atomic E-state index is 0.0101. The maximum Gasteiger partial charge on any atom is 0.354 e. The number of fused-ring (bicyclic) bond motifs is 2. The van der Waals surface area contributed by atoms with Crippen LogP contribution in [-0.4, -0.2) is 46.2 Å². The summed E-state index contributed by atoms with van der Waals surface area (Å²) in [5.74, 6) is 0.500. The molecule has 0 amide bonds. The third-order valence-corrected chi connectivity index (χ3v) is 8.99. The molecule has 41 heavy (non-hydrogen) atoms. The minimum atomic E-state index is -0.493. The molecule has 2 atom stereocenters. The Hall–Kier alpha value is -3.69. The molecule has 0 bridgehead atoms. The first kappa shape index (κ1) is 27.5. The molecule has 2 aliphatic carbocycles. The molecule has 0 aliphatic heterocycles. The van der Waals surface area contributed by atoms with E-state index in [9.17, 15) is 9.90 Å². The predicted molar refractivity (Wildman–Crippen MR) is 152 cm³/mol. The van der Waals surface area contributed by atoms with Gasteiger partial charge in [-0.2, -0.15) is 5.10 Å². The van der Waals surface area contributed by atoms with Gasteiger partial charge in [0, 0.05) is 30.2 Å². The van der Waals surface area contributed by atoms with Crippen molar-refractivity contribution in [3.63, 3.8) is 0 Å². The topological polar surface area (TPSA) is 87.7 Å². The molecule has 1 N–H and O–H groups in total. The number of hydrogen-bond acceptors (Lipinski definition) is 6. The second-order valence-electron chi connectivity index (χ2n) is 11.2. The van der Waals surface area contributed by atoms with E-state index in [1.54, 1.807) is 24.8 Å². The number of carbonyl (C=O) groups is 1. The summed E-state index contributed by atoms with van der Waals surface area (Å²) in [6.07, 6.45) is 4.25. The van der Waals surface area contributed by atoms with Crippen molar-refractivity contribution in [2.24, 2.45) is 13.0 Å². The van der Waals surface area contributed by atoms with E-state index in [1.165, 1.54) is 19.6 Å². The van der Waals surface area contributed by atoms with Gasteiger partial charge >= 0.3 is 5.97 Å². The van der Waals surface area contributed by atoms with Crippen LogP contribution in [0.2, 0.25) is 0 Å². The molecule has 0 spiro atoms. The Balaban J connectivity index is 1.48. The standard InChI is InChI=1S/C32H36FN3O5/c1-19-27(28-25(33)12-11-24-23(6-5-15-37)30(31(38)40-4)35(2)29(24)28)26(36(34-19)32-14-13-21(32)16-32)18-41-17-20-7-9-22(39-3)10-8-20/h7-12,21,37H,5-6,13-18H2,1-4H3. The Morgan fingerprint density at radius 1 is 1.15 bits per heavy atom. The summed E-state index contributed by atoms with van der Waals surface area (Å²) < 4.78 is 36.5. The first-order valence-electron chi connectivity index (χ1n) is 14.1. The molecule has 4 aromatic rings. The summed E-state index contributed by atoms with van der Waals surface area (Å²) in [6, 6.07) is 10.9. The molecule has 2 aliphatic rings. The third kappa shape index (κ3) is 4.42. The molecule has 0 saturated heterocycles. The number of aliphatic hydroxyl groups is 1. The lowest BCUT2D eigenvalue weighted by atomic mass is 9.92. The Labute approximate surface area is 238 Å². The van der Waals surface area contributed by atoms with E-state index in [-0.39, 0.29) is 24.6 Å². The van der Waals surface area contributed by atoms with Gasteiger partial charge in [-0.15, -0.1) is 0 Å². The molecule has 2 unspecified atom stereocenters. The first-order valence-corrected chi connectivity index (χ1v) is 14.1. The van der Waals surface area contributed by atoms with E-state index in [0.29, 0.717) is 47.7 Å². The third-order valence-electron chi connectivity index (χ3n) is 8.99. The summed E-state index contributed by atoms with van der Waals surface area (Å²) in [6.45, 7) is 2.55. The monoisotopic (exact) mass is 561 g/mol. The van der Waals surface area contributed by atoms with Gasteiger partial charge in [0.1, 0.15) is 17.3 Å². The van der Waals surface area contributed by atoms with E-state index in [4.69, 9.17) is 19.3 Å². The van der Waals surface area contributed by atoms with Crippen LogP contribution in [-0.2, 0) is 41.7 Å². The highest BCUT2D eigenvalue weighted by Gasteiger charge is 2.64. The molecule has 6 rings (SSSR count). The lowest BCUT2D eigenvalue weighted by Crippen LogP contribution is -2.30. The molecular weight excluding hydrogens is 525 g/mol. The summed E-state index contributed by atoms with van der Waals surface area (Å²) in [4.78, 5) is 12.9. The Morgan fingerprint density at radius 2 is 1.93 bits per heavy atom. The molecule has 2 aromatic carbocycles. The van der Waals surface area contributed by atoms with E-state index >= 15 is 4.39 Å². The van der Waals surface area contributed by atoms with Crippen LogP contribution < -0.4 is 4.74 Å². The molecule has 2 saturated carbocycles. The maximum absolute atomic E-state index is 16.0. The molecule has 8 nitrogen and oxygen atoms in total. The Morgan fingerprint density at radius 3 is 2.54 bits per heavy atom. The number of aryl methyl sites for hydroxylation is 3. The van der Waals surface area contributed by atoms with Crippen LogP contribution in [0.4, 0.5) is 4.39 Å². The molecule has 216 valence electrons. The number of methoxy groups -OCH3 is 2. The number of carbonyl (C=O) groups excluding carboxylic acids is 1. The van der Waals surface area contributed by atoms with Crippen molar-refractivity contribution in [1.29, 1.82) is 0 Å². The van der Waals surface area contributed by atoms with Gasteiger partial charge in [-0.3, -0.25) is 4.68 Å². The Bertz CT molecular complexity index is 1620. The quantitative estimate of drug-likeness (QED) is 0.246. The van der Waals surface area contributed by atoms with E-state index in [0.717, 1.165) is 46.5 Å². The number of aromatic nitrogens is 3. The molecular formula is C32H36FN3O5. The number of benzene rings is 2. The second-order valence-corrected chi connectivity index (χ2v) is 11.2. The summed E-state index contributed by atoms with van der Waals surface area (Å²) in [5, 5.41) is 15.3. The SMILES string of the molecule is COC(=O)c1c(CCCO)c2ccc(F)c(-c3c(C)nn(C45CCC4C5)c3COCc3ccc(OC)cc3)c2n1C. The van der Waals surface area contributed by atoms with Crippen molar-refractivity contribution in [2.75, 3.05) is 20.8 Å². The van der Waals surface area contributed by atoms with Gasteiger partial charge in [0.2, 0.25) is 0 Å². The average molecular weight is 562 g/mol. The first-order chi connectivity index (χ1) is 19.8. The van der Waals surface area contributed by atoms with Crippen LogP contribution in [0.15, 0.2) is 36.4 Å². The summed E-state index contributed by atoms with van der Waals surface area (Å²) in [5.41, 5.74) is 5.40. The summed E-state index contributed by atoms with van der Waals surface area (Å²) in [7, 11) is 4.74. The fraction of sp³-hybridized carbons (Fsp3) is 0.438. The molecule has 9 heteroatoms. The van der Waals surface area contributed by atoms with Crippen molar-refractivity contribution in [3.8, 4) is 16.9 Å². The van der Waals surface area contributed by atoms with Gasteiger partial charge in [0.05, 0.1) is 49.9 Å². The number of hydrogen-bond donors (Lipinski definition) is 1. The predicted octanol–water partition coefficient (Wildman–Crippen LogP) is 5.44. The van der Waals surface area contributed by atoms with Crippen molar-refractivity contribution in [3.05, 3.63) is 70.4 Å². The van der Waals surface area contributed by atoms with Crippen LogP contribution in [0, 0.1) is 18.7 Å². The van der Waals surface area contributed by atoms with Crippen molar-refractivity contribution in [1.82, 2.24) is 14.3 Å². The normalized spacial score (nSPS) is 19.2. The lowest BCUT2D eigenvalue weighted by Gasteiger charge is -2.28. The van der Waals surface area contributed by atoms with Gasteiger partial charge in [-0.1, -0.05) is 12.1 Å². The van der Waals surface area contributed by atoms with Gasteiger partial charge in [0.15, 0.2) is 0 Å². The number of halogens is 1. The zero-order valence-electron chi connectivity index (χ0n) is 24.0. The van der Waals surface area contributed by atoms with Crippen molar-refractivity contribution >= 4 is 16.9 Å². The largest absolute Gasteiger partial charge is 0.497 e. The van der Waals surface area contributed by atoms with Gasteiger partial charge < -0.3 is 23.9 Å². The highest BCUT2D eigenvalue weighted by Crippen LogP contribution is 2.65. The fourth-order valence-corrected chi connectivity index (χ4v) is 6.71. The zero-order chi connectivity index (χ0) is 28.9. The minimum Gasteiger partial charge on any atom is -0.497 e. The van der Waals surface area contributed by atoms with E-state index < -0.39 is 5.97 Å². The van der Waals surface area contributed by atoms with Gasteiger partial charge in [-0.25, -0.2) is 9.18 Å². The van der Waals surface area contributed by atoms with Gasteiger partial charge in [0.25, 0.3) is 0 Å². The smallest absolute Gasteiger partial charge is 0.354 e. The van der Waals surface area contributed by atoms with Crippen LogP contribution in [0.1, 0.15) is 58.7 Å². The van der Waals surface area contributed by atoms with E-state index in [1.807, 2.05) is 31.2 Å². The lowest BCUT2D eigenvalue weighted by molar-refractivity contribution is 0.0589. The number of esters is 1. The van der Waals surface area contributed by atoms with Crippen molar-refractivity contribution < 1.29 is 28.5 Å².